The predicted octanol–water partition coefficient (Wildman–Crippen LogP) is 4.62. The number of nitrogens with one attached hydrogen (secondary N) is 1. The van der Waals surface area contributed by atoms with Crippen molar-refractivity contribution in [2.24, 2.45) is 0 Å². The monoisotopic (exact) mass is 426 g/mol. The molecule has 3 aromatic rings. The van der Waals surface area contributed by atoms with E-state index in [2.05, 4.69) is 11.9 Å². The first-order valence-electron chi connectivity index (χ1n) is 10.3. The predicted molar refractivity (Wildman–Crippen MR) is 123 cm³/mol. The molecule has 0 bridgehead atoms. The van der Waals surface area contributed by atoms with Crippen LogP contribution in [0.2, 0.25) is 0 Å². The summed E-state index contributed by atoms with van der Waals surface area (Å²) in [6.45, 7) is 4.14. The summed E-state index contributed by atoms with van der Waals surface area (Å²) in [4.78, 5) is 38.9. The minimum absolute atomic E-state index is 0.190. The van der Waals surface area contributed by atoms with Gasteiger partial charge in [0.25, 0.3) is 5.91 Å². The molecular weight excluding hydrogens is 404 g/mol. The van der Waals surface area contributed by atoms with E-state index in [0.29, 0.717) is 35.5 Å². The molecule has 0 aromatic heterocycles. The molecule has 0 radical (unpaired) electrons. The molecule has 0 spiro atoms. The van der Waals surface area contributed by atoms with E-state index in [0.717, 1.165) is 17.7 Å². The molecule has 6 nitrogen and oxygen atoms in total. The van der Waals surface area contributed by atoms with Crippen molar-refractivity contribution < 1.29 is 19.1 Å². The van der Waals surface area contributed by atoms with Crippen LogP contribution >= 0.6 is 0 Å². The van der Waals surface area contributed by atoms with Crippen LogP contribution < -0.4 is 15.0 Å². The van der Waals surface area contributed by atoms with Gasteiger partial charge in [0.1, 0.15) is 5.75 Å². The van der Waals surface area contributed by atoms with Gasteiger partial charge in [0, 0.05) is 23.5 Å². The number of benzene rings is 3. The third-order valence-electron chi connectivity index (χ3n) is 5.27. The highest BCUT2D eigenvalue weighted by atomic mass is 16.5. The topological polar surface area (TPSA) is 75.7 Å². The molecular formula is C26H22N2O4. The van der Waals surface area contributed by atoms with E-state index in [4.69, 9.17) is 4.74 Å². The summed E-state index contributed by atoms with van der Waals surface area (Å²) in [5.74, 6) is -0.537. The maximum absolute atomic E-state index is 12.9. The van der Waals surface area contributed by atoms with Crippen LogP contribution in [0.5, 0.6) is 5.75 Å². The van der Waals surface area contributed by atoms with Crippen LogP contribution in [0.3, 0.4) is 0 Å². The lowest BCUT2D eigenvalue weighted by atomic mass is 9.96. The van der Waals surface area contributed by atoms with Crippen molar-refractivity contribution in [2.75, 3.05) is 16.8 Å². The molecule has 6 heteroatoms. The van der Waals surface area contributed by atoms with E-state index in [9.17, 15) is 14.4 Å². The van der Waals surface area contributed by atoms with E-state index in [1.807, 2.05) is 12.1 Å². The van der Waals surface area contributed by atoms with E-state index in [1.54, 1.807) is 65.6 Å². The molecule has 0 fully saturated rings. The quantitative estimate of drug-likeness (QED) is 0.367. The normalized spacial score (nSPS) is 12.4. The number of carbonyl (C=O) groups excluding carboxylic acids is 3. The fourth-order valence-electron chi connectivity index (χ4n) is 3.72. The lowest BCUT2D eigenvalue weighted by Crippen LogP contribution is -2.35. The van der Waals surface area contributed by atoms with Gasteiger partial charge in [0.2, 0.25) is 5.91 Å². The summed E-state index contributed by atoms with van der Waals surface area (Å²) < 4.78 is 5.56. The Morgan fingerprint density at radius 2 is 1.69 bits per heavy atom. The standard InChI is InChI=1S/C26H22N2O4/c1-2-24(29)28-17-7-11-21-22(10-6-12-23(21)28)26(31)32-20-15-13-19(14-16-20)27-25(30)18-8-4-3-5-9-18/h2-6,8-10,12-16H,1,7,11,17H2,(H,27,30). The minimum Gasteiger partial charge on any atom is -0.423 e. The zero-order valence-corrected chi connectivity index (χ0v) is 17.4. The largest absolute Gasteiger partial charge is 0.423 e. The Bertz CT molecular complexity index is 1170. The van der Waals surface area contributed by atoms with Crippen molar-refractivity contribution >= 4 is 29.2 Å². The average Bonchev–Trinajstić information content (AvgIpc) is 2.84. The Morgan fingerprint density at radius 1 is 0.938 bits per heavy atom. The lowest BCUT2D eigenvalue weighted by Gasteiger charge is -2.29. The van der Waals surface area contributed by atoms with Gasteiger partial charge in [-0.2, -0.15) is 0 Å². The second-order valence-electron chi connectivity index (χ2n) is 7.33. The Morgan fingerprint density at radius 3 is 2.41 bits per heavy atom. The first-order chi connectivity index (χ1) is 15.6. The first kappa shape index (κ1) is 21.1. The number of amides is 2. The summed E-state index contributed by atoms with van der Waals surface area (Å²) in [5.41, 5.74) is 3.10. The summed E-state index contributed by atoms with van der Waals surface area (Å²) in [7, 11) is 0. The number of hydrogen-bond donors (Lipinski definition) is 1. The van der Waals surface area contributed by atoms with Gasteiger partial charge in [0.15, 0.2) is 0 Å². The van der Waals surface area contributed by atoms with E-state index in [1.165, 1.54) is 6.08 Å². The number of rotatable bonds is 5. The van der Waals surface area contributed by atoms with E-state index in [-0.39, 0.29) is 11.8 Å². The van der Waals surface area contributed by atoms with Crippen LogP contribution in [-0.4, -0.2) is 24.3 Å². The Labute approximate surface area is 186 Å². The number of anilines is 2. The zero-order valence-electron chi connectivity index (χ0n) is 17.4. The van der Waals surface area contributed by atoms with Crippen LogP contribution in [0.4, 0.5) is 11.4 Å². The van der Waals surface area contributed by atoms with Gasteiger partial charge in [-0.15, -0.1) is 0 Å². The molecule has 1 aliphatic rings. The number of hydrogen-bond acceptors (Lipinski definition) is 4. The Hall–Kier alpha value is -4.19. The smallest absolute Gasteiger partial charge is 0.343 e. The highest BCUT2D eigenvalue weighted by molar-refractivity contribution is 6.05. The van der Waals surface area contributed by atoms with Crippen molar-refractivity contribution in [1.82, 2.24) is 0 Å². The molecule has 0 aliphatic carbocycles. The second-order valence-corrected chi connectivity index (χ2v) is 7.33. The molecule has 4 rings (SSSR count). The minimum atomic E-state index is -0.490. The summed E-state index contributed by atoms with van der Waals surface area (Å²) >= 11 is 0. The highest BCUT2D eigenvalue weighted by Gasteiger charge is 2.25. The average molecular weight is 426 g/mol. The molecule has 0 unspecified atom stereocenters. The second kappa shape index (κ2) is 9.31. The van der Waals surface area contributed by atoms with Crippen LogP contribution in [-0.2, 0) is 11.2 Å². The third-order valence-corrected chi connectivity index (χ3v) is 5.27. The van der Waals surface area contributed by atoms with Crippen LogP contribution in [0.15, 0.2) is 85.5 Å². The van der Waals surface area contributed by atoms with E-state index < -0.39 is 5.97 Å². The van der Waals surface area contributed by atoms with Crippen molar-refractivity contribution in [3.05, 3.63) is 102 Å². The van der Waals surface area contributed by atoms with Gasteiger partial charge in [-0.1, -0.05) is 30.8 Å². The van der Waals surface area contributed by atoms with Gasteiger partial charge in [0.05, 0.1) is 5.56 Å². The maximum atomic E-state index is 12.9. The molecule has 0 saturated carbocycles. The fraction of sp³-hybridized carbons (Fsp3) is 0.115. The summed E-state index contributed by atoms with van der Waals surface area (Å²) in [6.07, 6.45) is 2.72. The SMILES string of the molecule is C=CC(=O)N1CCCc2c(C(=O)Oc3ccc(NC(=O)c4ccccc4)cc3)cccc21. The lowest BCUT2D eigenvalue weighted by molar-refractivity contribution is -0.114. The third kappa shape index (κ3) is 4.44. The van der Waals surface area contributed by atoms with E-state index >= 15 is 0 Å². The number of nitrogens with zero attached hydrogens (tertiary/aromatic N) is 1. The maximum Gasteiger partial charge on any atom is 0.343 e. The molecule has 0 atom stereocenters. The van der Waals surface area contributed by atoms with Crippen molar-refractivity contribution in [3.63, 3.8) is 0 Å². The highest BCUT2D eigenvalue weighted by Crippen LogP contribution is 2.31. The molecule has 3 aromatic carbocycles. The molecule has 2 amide bonds. The number of carbonyl (C=O) groups is 3. The number of ether oxygens (including phenoxy) is 1. The molecule has 1 aliphatic heterocycles. The Balaban J connectivity index is 1.47. The molecule has 160 valence electrons. The van der Waals surface area contributed by atoms with Gasteiger partial charge in [-0.25, -0.2) is 4.79 Å². The summed E-state index contributed by atoms with van der Waals surface area (Å²) in [5, 5.41) is 2.81. The van der Waals surface area contributed by atoms with Gasteiger partial charge in [-0.05, 0) is 73.0 Å². The van der Waals surface area contributed by atoms with Crippen molar-refractivity contribution in [1.29, 1.82) is 0 Å². The number of fused-ring (bicyclic) bond motifs is 1. The molecule has 32 heavy (non-hydrogen) atoms. The fourth-order valence-corrected chi connectivity index (χ4v) is 3.72. The zero-order chi connectivity index (χ0) is 22.5. The van der Waals surface area contributed by atoms with Gasteiger partial charge >= 0.3 is 5.97 Å². The first-order valence-corrected chi connectivity index (χ1v) is 10.3. The molecule has 1 N–H and O–H groups in total. The van der Waals surface area contributed by atoms with Gasteiger partial charge < -0.3 is 15.0 Å². The number of esters is 1. The van der Waals surface area contributed by atoms with Crippen LogP contribution in [0.1, 0.15) is 32.7 Å². The van der Waals surface area contributed by atoms with Crippen LogP contribution in [0, 0.1) is 0 Å². The van der Waals surface area contributed by atoms with Gasteiger partial charge in [-0.3, -0.25) is 9.59 Å². The van der Waals surface area contributed by atoms with Crippen molar-refractivity contribution in [2.45, 2.75) is 12.8 Å². The molecule has 0 saturated heterocycles. The Kier molecular flexibility index (Phi) is 6.12. The van der Waals surface area contributed by atoms with Crippen LogP contribution in [0.25, 0.3) is 0 Å². The van der Waals surface area contributed by atoms with Crippen molar-refractivity contribution in [3.8, 4) is 5.75 Å². The molecule has 1 heterocycles. The summed E-state index contributed by atoms with van der Waals surface area (Å²) in [6, 6.07) is 20.8.